The van der Waals surface area contributed by atoms with Crippen LogP contribution in [0.1, 0.15) is 12.8 Å². The van der Waals surface area contributed by atoms with Crippen molar-refractivity contribution in [2.75, 3.05) is 18.8 Å². The van der Waals surface area contributed by atoms with E-state index in [0.717, 1.165) is 0 Å². The van der Waals surface area contributed by atoms with Crippen LogP contribution in [0.5, 0.6) is 0 Å². The van der Waals surface area contributed by atoms with E-state index in [9.17, 15) is 13.2 Å². The van der Waals surface area contributed by atoms with Gasteiger partial charge in [-0.2, -0.15) is 4.31 Å². The highest BCUT2D eigenvalue weighted by molar-refractivity contribution is 7.89. The van der Waals surface area contributed by atoms with Crippen LogP contribution in [0, 0.1) is 5.92 Å². The Bertz CT molecular complexity index is 560. The maximum Gasteiger partial charge on any atom is 0.243 e. The molecule has 0 spiro atoms. The van der Waals surface area contributed by atoms with Gasteiger partial charge in [0, 0.05) is 24.7 Å². The molecule has 1 aliphatic heterocycles. The van der Waals surface area contributed by atoms with E-state index in [2.05, 4.69) is 0 Å². The van der Waals surface area contributed by atoms with Crippen LogP contribution in [0.2, 0.25) is 0 Å². The Morgan fingerprint density at radius 3 is 2.16 bits per heavy atom. The largest absolute Gasteiger partial charge is 0.399 e. The smallest absolute Gasteiger partial charge is 0.243 e. The number of primary amides is 1. The van der Waals surface area contributed by atoms with Gasteiger partial charge in [0.25, 0.3) is 0 Å². The molecule has 0 radical (unpaired) electrons. The van der Waals surface area contributed by atoms with Gasteiger partial charge in [-0.25, -0.2) is 8.42 Å². The number of carbonyl (C=O) groups is 1. The second-order valence-corrected chi connectivity index (χ2v) is 6.59. The third kappa shape index (κ3) is 2.87. The molecule has 0 bridgehead atoms. The zero-order chi connectivity index (χ0) is 14.0. The number of benzene rings is 1. The zero-order valence-corrected chi connectivity index (χ0v) is 11.3. The number of nitrogen functional groups attached to an aromatic ring is 1. The standard InChI is InChI=1S/C12H17N3O3S/c13-10-1-3-11(4-2-10)19(17,18)15-7-5-9(6-8-15)12(14)16/h1-4,9H,5-8,13H2,(H2,14,16). The summed E-state index contributed by atoms with van der Waals surface area (Å²) in [5.41, 5.74) is 11.3. The maximum atomic E-state index is 12.3. The lowest BCUT2D eigenvalue weighted by Gasteiger charge is -2.29. The molecule has 2 rings (SSSR count). The molecule has 104 valence electrons. The van der Waals surface area contributed by atoms with Crippen molar-refractivity contribution in [3.8, 4) is 0 Å². The monoisotopic (exact) mass is 283 g/mol. The Labute approximate surface area is 112 Å². The number of sulfonamides is 1. The van der Waals surface area contributed by atoms with Gasteiger partial charge in [-0.15, -0.1) is 0 Å². The lowest BCUT2D eigenvalue weighted by Crippen LogP contribution is -2.41. The van der Waals surface area contributed by atoms with E-state index in [0.29, 0.717) is 31.6 Å². The number of hydrogen-bond acceptors (Lipinski definition) is 4. The second-order valence-electron chi connectivity index (χ2n) is 4.65. The van der Waals surface area contributed by atoms with Gasteiger partial charge in [0.1, 0.15) is 0 Å². The molecule has 1 amide bonds. The Morgan fingerprint density at radius 2 is 1.68 bits per heavy atom. The molecule has 1 saturated heterocycles. The molecule has 0 atom stereocenters. The van der Waals surface area contributed by atoms with Gasteiger partial charge in [-0.1, -0.05) is 0 Å². The van der Waals surface area contributed by atoms with Crippen molar-refractivity contribution in [3.05, 3.63) is 24.3 Å². The minimum absolute atomic E-state index is 0.222. The van der Waals surface area contributed by atoms with E-state index in [4.69, 9.17) is 11.5 Å². The van der Waals surface area contributed by atoms with Crippen LogP contribution < -0.4 is 11.5 Å². The molecular weight excluding hydrogens is 266 g/mol. The first kappa shape index (κ1) is 13.8. The number of anilines is 1. The molecule has 1 aromatic rings. The molecule has 7 heteroatoms. The highest BCUT2D eigenvalue weighted by atomic mass is 32.2. The summed E-state index contributed by atoms with van der Waals surface area (Å²) in [6.07, 6.45) is 0.951. The topological polar surface area (TPSA) is 106 Å². The van der Waals surface area contributed by atoms with E-state index in [1.54, 1.807) is 12.1 Å². The van der Waals surface area contributed by atoms with Crippen molar-refractivity contribution in [3.63, 3.8) is 0 Å². The Kier molecular flexibility index (Phi) is 3.77. The van der Waals surface area contributed by atoms with Crippen molar-refractivity contribution in [1.82, 2.24) is 4.31 Å². The van der Waals surface area contributed by atoms with Gasteiger partial charge >= 0.3 is 0 Å². The van der Waals surface area contributed by atoms with E-state index < -0.39 is 10.0 Å². The molecule has 0 aromatic heterocycles. The predicted octanol–water partition coefficient (Wildman–Crippen LogP) is 0.155. The third-order valence-corrected chi connectivity index (χ3v) is 5.29. The van der Waals surface area contributed by atoms with E-state index in [-0.39, 0.29) is 16.7 Å². The van der Waals surface area contributed by atoms with Crippen LogP contribution in [0.3, 0.4) is 0 Å². The summed E-state index contributed by atoms with van der Waals surface area (Å²) < 4.78 is 26.1. The summed E-state index contributed by atoms with van der Waals surface area (Å²) in [6, 6.07) is 6.10. The van der Waals surface area contributed by atoms with Crippen molar-refractivity contribution < 1.29 is 13.2 Å². The molecule has 1 aliphatic rings. The van der Waals surface area contributed by atoms with Gasteiger partial charge in [-0.05, 0) is 37.1 Å². The average Bonchev–Trinajstić information content (AvgIpc) is 2.39. The number of rotatable bonds is 3. The first-order valence-corrected chi connectivity index (χ1v) is 7.50. The first-order chi connectivity index (χ1) is 8.91. The fourth-order valence-corrected chi connectivity index (χ4v) is 3.64. The summed E-state index contributed by atoms with van der Waals surface area (Å²) >= 11 is 0. The number of amides is 1. The summed E-state index contributed by atoms with van der Waals surface area (Å²) in [4.78, 5) is 11.3. The Morgan fingerprint density at radius 1 is 1.16 bits per heavy atom. The minimum Gasteiger partial charge on any atom is -0.399 e. The minimum atomic E-state index is -3.50. The quantitative estimate of drug-likeness (QED) is 0.770. The fraction of sp³-hybridized carbons (Fsp3) is 0.417. The fourth-order valence-electron chi connectivity index (χ4n) is 2.17. The molecule has 0 aliphatic carbocycles. The van der Waals surface area contributed by atoms with E-state index in [1.165, 1.54) is 16.4 Å². The molecule has 1 fully saturated rings. The SMILES string of the molecule is NC(=O)C1CCN(S(=O)(=O)c2ccc(N)cc2)CC1. The summed E-state index contributed by atoms with van der Waals surface area (Å²) in [7, 11) is -3.50. The number of nitrogens with zero attached hydrogens (tertiary/aromatic N) is 1. The lowest BCUT2D eigenvalue weighted by atomic mass is 9.98. The van der Waals surface area contributed by atoms with Gasteiger partial charge in [0.05, 0.1) is 4.90 Å². The molecule has 0 saturated carbocycles. The molecule has 1 heterocycles. The second kappa shape index (κ2) is 5.18. The predicted molar refractivity (Wildman–Crippen MR) is 71.5 cm³/mol. The Balaban J connectivity index is 2.14. The van der Waals surface area contributed by atoms with Crippen molar-refractivity contribution in [2.45, 2.75) is 17.7 Å². The number of carbonyl (C=O) groups excluding carboxylic acids is 1. The lowest BCUT2D eigenvalue weighted by molar-refractivity contribution is -0.122. The molecule has 19 heavy (non-hydrogen) atoms. The van der Waals surface area contributed by atoms with Crippen LogP contribution in [-0.4, -0.2) is 31.7 Å². The number of hydrogen-bond donors (Lipinski definition) is 2. The van der Waals surface area contributed by atoms with Crippen molar-refractivity contribution in [1.29, 1.82) is 0 Å². The van der Waals surface area contributed by atoms with Gasteiger partial charge < -0.3 is 11.5 Å². The summed E-state index contributed by atoms with van der Waals surface area (Å²) in [6.45, 7) is 0.640. The molecule has 0 unspecified atom stereocenters. The van der Waals surface area contributed by atoms with Gasteiger partial charge in [0.2, 0.25) is 15.9 Å². The van der Waals surface area contributed by atoms with Crippen LogP contribution >= 0.6 is 0 Å². The van der Waals surface area contributed by atoms with Crippen molar-refractivity contribution in [2.24, 2.45) is 11.7 Å². The number of nitrogens with two attached hydrogens (primary N) is 2. The summed E-state index contributed by atoms with van der Waals surface area (Å²) in [5, 5.41) is 0. The molecule has 6 nitrogen and oxygen atoms in total. The highest BCUT2D eigenvalue weighted by Gasteiger charge is 2.31. The molecule has 1 aromatic carbocycles. The highest BCUT2D eigenvalue weighted by Crippen LogP contribution is 2.24. The van der Waals surface area contributed by atoms with E-state index in [1.807, 2.05) is 0 Å². The van der Waals surface area contributed by atoms with Crippen LogP contribution in [0.15, 0.2) is 29.2 Å². The third-order valence-electron chi connectivity index (χ3n) is 3.37. The van der Waals surface area contributed by atoms with Crippen LogP contribution in [0.25, 0.3) is 0 Å². The average molecular weight is 283 g/mol. The normalized spacial score (nSPS) is 18.3. The van der Waals surface area contributed by atoms with Gasteiger partial charge in [0.15, 0.2) is 0 Å². The Hall–Kier alpha value is -1.60. The van der Waals surface area contributed by atoms with Crippen molar-refractivity contribution >= 4 is 21.6 Å². The molecular formula is C12H17N3O3S. The van der Waals surface area contributed by atoms with Crippen LogP contribution in [0.4, 0.5) is 5.69 Å². The zero-order valence-electron chi connectivity index (χ0n) is 10.5. The van der Waals surface area contributed by atoms with Crippen LogP contribution in [-0.2, 0) is 14.8 Å². The first-order valence-electron chi connectivity index (χ1n) is 6.06. The van der Waals surface area contributed by atoms with E-state index >= 15 is 0 Å². The van der Waals surface area contributed by atoms with Gasteiger partial charge in [-0.3, -0.25) is 4.79 Å². The number of piperidine rings is 1. The maximum absolute atomic E-state index is 12.3. The molecule has 4 N–H and O–H groups in total. The summed E-state index contributed by atoms with van der Waals surface area (Å²) in [5.74, 6) is -0.581.